The number of nitrogens with zero attached hydrogens (tertiary/aromatic N) is 1. The van der Waals surface area contributed by atoms with E-state index in [0.717, 1.165) is 5.56 Å². The fourth-order valence-corrected chi connectivity index (χ4v) is 3.87. The van der Waals surface area contributed by atoms with Gasteiger partial charge in [0.1, 0.15) is 24.7 Å². The predicted octanol–water partition coefficient (Wildman–Crippen LogP) is 2.90. The van der Waals surface area contributed by atoms with Crippen molar-refractivity contribution in [3.63, 3.8) is 0 Å². The summed E-state index contributed by atoms with van der Waals surface area (Å²) in [6.45, 7) is 2.67. The average Bonchev–Trinajstić information content (AvgIpc) is 3.07. The molecule has 0 saturated heterocycles. The van der Waals surface area contributed by atoms with Gasteiger partial charge in [0.15, 0.2) is 11.5 Å². The van der Waals surface area contributed by atoms with Crippen molar-refractivity contribution in [2.75, 3.05) is 13.2 Å². The zero-order valence-electron chi connectivity index (χ0n) is 14.6. The number of aryl methyl sites for hydroxylation is 1. The maximum Gasteiger partial charge on any atom is 0.241 e. The van der Waals surface area contributed by atoms with E-state index < -0.39 is 10.0 Å². The Hall–Kier alpha value is -2.84. The standard InChI is InChI=1S/C19H18N2O5S/c1-13-16(19(21-26-13)14-5-3-2-4-6-14)12-20-27(22,23)15-7-8-17-18(11-15)25-10-9-24-17/h2-8,11,20H,9-10,12H2,1H3. The van der Waals surface area contributed by atoms with E-state index in [4.69, 9.17) is 14.0 Å². The Morgan fingerprint density at radius 1 is 1.04 bits per heavy atom. The zero-order chi connectivity index (χ0) is 18.9. The van der Waals surface area contributed by atoms with Crippen LogP contribution in [-0.2, 0) is 16.6 Å². The lowest BCUT2D eigenvalue weighted by Gasteiger charge is -2.18. The lowest BCUT2D eigenvalue weighted by molar-refractivity contribution is 0.171. The van der Waals surface area contributed by atoms with Crippen molar-refractivity contribution in [3.8, 4) is 22.8 Å². The molecule has 0 bridgehead atoms. The van der Waals surface area contributed by atoms with E-state index in [0.29, 0.717) is 41.7 Å². The second kappa shape index (κ2) is 7.05. The third kappa shape index (κ3) is 3.54. The molecule has 2 heterocycles. The first-order valence-electron chi connectivity index (χ1n) is 8.44. The van der Waals surface area contributed by atoms with Crippen molar-refractivity contribution in [1.29, 1.82) is 0 Å². The third-order valence-electron chi connectivity index (χ3n) is 4.29. The molecule has 0 saturated carbocycles. The largest absolute Gasteiger partial charge is 0.486 e. The minimum absolute atomic E-state index is 0.0658. The summed E-state index contributed by atoms with van der Waals surface area (Å²) >= 11 is 0. The molecule has 4 rings (SSSR count). The van der Waals surface area contributed by atoms with Crippen molar-refractivity contribution in [1.82, 2.24) is 9.88 Å². The molecule has 0 aliphatic carbocycles. The number of hydrogen-bond donors (Lipinski definition) is 1. The quantitative estimate of drug-likeness (QED) is 0.725. The molecule has 0 spiro atoms. The van der Waals surface area contributed by atoms with Crippen LogP contribution in [0.1, 0.15) is 11.3 Å². The van der Waals surface area contributed by atoms with Crippen molar-refractivity contribution >= 4 is 10.0 Å². The van der Waals surface area contributed by atoms with Crippen molar-refractivity contribution in [3.05, 3.63) is 59.9 Å². The first-order valence-corrected chi connectivity index (χ1v) is 9.93. The number of rotatable bonds is 5. The van der Waals surface area contributed by atoms with Gasteiger partial charge in [0, 0.05) is 23.7 Å². The van der Waals surface area contributed by atoms with Crippen LogP contribution >= 0.6 is 0 Å². The minimum atomic E-state index is -3.74. The van der Waals surface area contributed by atoms with E-state index in [2.05, 4.69) is 9.88 Å². The molecule has 1 aliphatic rings. The molecule has 3 aromatic rings. The molecule has 2 aromatic carbocycles. The number of nitrogens with one attached hydrogen (secondary N) is 1. The zero-order valence-corrected chi connectivity index (χ0v) is 15.5. The average molecular weight is 386 g/mol. The van der Waals surface area contributed by atoms with Crippen LogP contribution < -0.4 is 14.2 Å². The van der Waals surface area contributed by atoms with Gasteiger partial charge >= 0.3 is 0 Å². The molecule has 0 amide bonds. The van der Waals surface area contributed by atoms with Crippen LogP contribution in [0.15, 0.2) is 57.9 Å². The van der Waals surface area contributed by atoms with Crippen molar-refractivity contribution < 1.29 is 22.4 Å². The molecule has 0 fully saturated rings. The van der Waals surface area contributed by atoms with Gasteiger partial charge in [0.2, 0.25) is 10.0 Å². The van der Waals surface area contributed by atoms with Crippen molar-refractivity contribution in [2.24, 2.45) is 0 Å². The second-order valence-corrected chi connectivity index (χ2v) is 7.83. The number of ether oxygens (including phenoxy) is 2. The molecule has 1 aromatic heterocycles. The summed E-state index contributed by atoms with van der Waals surface area (Å²) in [5.41, 5.74) is 2.18. The van der Waals surface area contributed by atoms with Gasteiger partial charge in [-0.05, 0) is 19.1 Å². The smallest absolute Gasteiger partial charge is 0.241 e. The minimum Gasteiger partial charge on any atom is -0.486 e. The maximum absolute atomic E-state index is 12.7. The highest BCUT2D eigenvalue weighted by Crippen LogP contribution is 2.32. The van der Waals surface area contributed by atoms with Gasteiger partial charge < -0.3 is 14.0 Å². The van der Waals surface area contributed by atoms with Crippen LogP contribution in [0.2, 0.25) is 0 Å². The number of sulfonamides is 1. The number of hydrogen-bond acceptors (Lipinski definition) is 6. The monoisotopic (exact) mass is 386 g/mol. The molecule has 8 heteroatoms. The summed E-state index contributed by atoms with van der Waals surface area (Å²) in [7, 11) is -3.74. The summed E-state index contributed by atoms with van der Waals surface area (Å²) in [5.74, 6) is 1.54. The predicted molar refractivity (Wildman–Crippen MR) is 98.1 cm³/mol. The second-order valence-electron chi connectivity index (χ2n) is 6.06. The van der Waals surface area contributed by atoms with Gasteiger partial charge in [-0.2, -0.15) is 0 Å². The molecule has 0 radical (unpaired) electrons. The van der Waals surface area contributed by atoms with Crippen LogP contribution in [-0.4, -0.2) is 26.8 Å². The highest BCUT2D eigenvalue weighted by molar-refractivity contribution is 7.89. The lowest BCUT2D eigenvalue weighted by Crippen LogP contribution is -2.24. The first kappa shape index (κ1) is 17.6. The molecular formula is C19H18N2O5S. The first-order chi connectivity index (χ1) is 13.0. The van der Waals surface area contributed by atoms with Gasteiger partial charge in [0.25, 0.3) is 0 Å². The third-order valence-corrected chi connectivity index (χ3v) is 5.69. The molecule has 7 nitrogen and oxygen atoms in total. The van der Waals surface area contributed by atoms with Gasteiger partial charge in [0.05, 0.1) is 4.90 Å². The molecule has 1 N–H and O–H groups in total. The number of benzene rings is 2. The fourth-order valence-electron chi connectivity index (χ4n) is 2.86. The van der Waals surface area contributed by atoms with E-state index in [1.165, 1.54) is 12.1 Å². The van der Waals surface area contributed by atoms with E-state index in [9.17, 15) is 8.42 Å². The van der Waals surface area contributed by atoms with E-state index in [1.807, 2.05) is 30.3 Å². The van der Waals surface area contributed by atoms with Gasteiger partial charge in [-0.1, -0.05) is 35.5 Å². The summed E-state index contributed by atoms with van der Waals surface area (Å²) < 4.78 is 44.2. The van der Waals surface area contributed by atoms with Crippen LogP contribution in [0.3, 0.4) is 0 Å². The van der Waals surface area contributed by atoms with E-state index >= 15 is 0 Å². The summed E-state index contributed by atoms with van der Waals surface area (Å²) in [6.07, 6.45) is 0. The molecule has 1 aliphatic heterocycles. The summed E-state index contributed by atoms with van der Waals surface area (Å²) in [5, 5.41) is 4.07. The topological polar surface area (TPSA) is 90.7 Å². The van der Waals surface area contributed by atoms with Gasteiger partial charge in [-0.25, -0.2) is 13.1 Å². The van der Waals surface area contributed by atoms with Gasteiger partial charge in [-0.15, -0.1) is 0 Å². The lowest BCUT2D eigenvalue weighted by atomic mass is 10.1. The van der Waals surface area contributed by atoms with E-state index in [1.54, 1.807) is 13.0 Å². The Morgan fingerprint density at radius 3 is 2.56 bits per heavy atom. The van der Waals surface area contributed by atoms with Crippen molar-refractivity contribution in [2.45, 2.75) is 18.4 Å². The van der Waals surface area contributed by atoms with Crippen LogP contribution in [0.5, 0.6) is 11.5 Å². The van der Waals surface area contributed by atoms with Gasteiger partial charge in [-0.3, -0.25) is 0 Å². The Labute approximate surface area is 157 Å². The number of fused-ring (bicyclic) bond motifs is 1. The van der Waals surface area contributed by atoms with E-state index in [-0.39, 0.29) is 11.4 Å². The highest BCUT2D eigenvalue weighted by atomic mass is 32.2. The fraction of sp³-hybridized carbons (Fsp3) is 0.211. The Bertz CT molecular complexity index is 1060. The summed E-state index contributed by atoms with van der Waals surface area (Å²) in [4.78, 5) is 0.113. The van der Waals surface area contributed by atoms with Crippen LogP contribution in [0, 0.1) is 6.92 Å². The Balaban J connectivity index is 1.58. The molecule has 0 atom stereocenters. The van der Waals surface area contributed by atoms with Crippen LogP contribution in [0.4, 0.5) is 0 Å². The molecule has 0 unspecified atom stereocenters. The normalized spacial score (nSPS) is 13.5. The highest BCUT2D eigenvalue weighted by Gasteiger charge is 2.21. The Morgan fingerprint density at radius 2 is 1.78 bits per heavy atom. The molecule has 140 valence electrons. The Kier molecular flexibility index (Phi) is 4.59. The SMILES string of the molecule is Cc1onc(-c2ccccc2)c1CNS(=O)(=O)c1ccc2c(c1)OCCO2. The number of aromatic nitrogens is 1. The summed E-state index contributed by atoms with van der Waals surface area (Å²) in [6, 6.07) is 14.0. The molecule has 27 heavy (non-hydrogen) atoms. The van der Waals surface area contributed by atoms with Crippen LogP contribution in [0.25, 0.3) is 11.3 Å². The maximum atomic E-state index is 12.7. The molecular weight excluding hydrogens is 368 g/mol.